The molecule has 27 heavy (non-hydrogen) atoms. The van der Waals surface area contributed by atoms with Gasteiger partial charge in [-0.3, -0.25) is 9.69 Å². The van der Waals surface area contributed by atoms with Crippen molar-refractivity contribution in [2.24, 2.45) is 0 Å². The first-order valence-corrected chi connectivity index (χ1v) is 9.77. The van der Waals surface area contributed by atoms with E-state index in [4.69, 9.17) is 0 Å². The minimum Gasteiger partial charge on any atom is -0.319 e. The lowest BCUT2D eigenvalue weighted by Crippen LogP contribution is -2.41. The van der Waals surface area contributed by atoms with Crippen molar-refractivity contribution in [2.75, 3.05) is 0 Å². The molecule has 1 aliphatic heterocycles. The Morgan fingerprint density at radius 1 is 1.22 bits per heavy atom. The summed E-state index contributed by atoms with van der Waals surface area (Å²) in [6, 6.07) is 4.09. The second kappa shape index (κ2) is 6.50. The second-order valence-electron chi connectivity index (χ2n) is 6.23. The maximum absolute atomic E-state index is 14.2. The quantitative estimate of drug-likeness (QED) is 0.665. The van der Waals surface area contributed by atoms with Crippen molar-refractivity contribution in [3.8, 4) is 10.6 Å². The summed E-state index contributed by atoms with van der Waals surface area (Å²) >= 11 is 2.96. The van der Waals surface area contributed by atoms with Crippen LogP contribution in [0.1, 0.15) is 18.2 Å². The molecule has 0 aliphatic carbocycles. The van der Waals surface area contributed by atoms with Crippen LogP contribution in [0.4, 0.5) is 13.6 Å². The number of imide groups is 1. The van der Waals surface area contributed by atoms with Crippen LogP contribution in [0, 0.1) is 11.6 Å². The van der Waals surface area contributed by atoms with Crippen molar-refractivity contribution in [1.29, 1.82) is 0 Å². The number of aromatic nitrogens is 1. The average molecular weight is 405 g/mol. The lowest BCUT2D eigenvalue weighted by Gasteiger charge is -2.22. The van der Waals surface area contributed by atoms with Gasteiger partial charge in [-0.15, -0.1) is 11.3 Å². The average Bonchev–Trinajstić information content (AvgIpc) is 3.35. The first-order chi connectivity index (χ1) is 12.9. The van der Waals surface area contributed by atoms with Gasteiger partial charge in [0.2, 0.25) is 0 Å². The first kappa shape index (κ1) is 17.7. The molecule has 0 spiro atoms. The van der Waals surface area contributed by atoms with Gasteiger partial charge in [-0.2, -0.15) is 11.3 Å². The monoisotopic (exact) mass is 405 g/mol. The van der Waals surface area contributed by atoms with E-state index < -0.39 is 29.1 Å². The highest BCUT2D eigenvalue weighted by Gasteiger charge is 2.50. The zero-order valence-electron chi connectivity index (χ0n) is 14.0. The van der Waals surface area contributed by atoms with Gasteiger partial charge in [-0.25, -0.2) is 18.6 Å². The predicted molar refractivity (Wildman–Crippen MR) is 98.2 cm³/mol. The number of rotatable bonds is 4. The van der Waals surface area contributed by atoms with Crippen molar-refractivity contribution >= 4 is 34.6 Å². The van der Waals surface area contributed by atoms with Crippen molar-refractivity contribution < 1.29 is 18.4 Å². The number of nitrogens with one attached hydrogen (secondary N) is 1. The molecule has 1 aromatic carbocycles. The molecule has 5 nitrogen and oxygen atoms in total. The van der Waals surface area contributed by atoms with E-state index in [0.717, 1.165) is 33.7 Å². The lowest BCUT2D eigenvalue weighted by atomic mass is 9.91. The van der Waals surface area contributed by atoms with E-state index in [1.54, 1.807) is 16.7 Å². The maximum atomic E-state index is 14.2. The highest BCUT2D eigenvalue weighted by Crippen LogP contribution is 2.33. The molecule has 1 N–H and O–H groups in total. The van der Waals surface area contributed by atoms with Crippen molar-refractivity contribution in [3.63, 3.8) is 0 Å². The van der Waals surface area contributed by atoms with Gasteiger partial charge in [-0.05, 0) is 36.6 Å². The maximum Gasteiger partial charge on any atom is 0.325 e. The predicted octanol–water partition coefficient (Wildman–Crippen LogP) is 4.12. The molecule has 0 saturated carbocycles. The molecule has 3 heterocycles. The summed E-state index contributed by atoms with van der Waals surface area (Å²) in [5, 5.41) is 8.93. The van der Waals surface area contributed by atoms with Crippen molar-refractivity contribution in [3.05, 3.63) is 63.3 Å². The van der Waals surface area contributed by atoms with Crippen LogP contribution in [-0.2, 0) is 16.9 Å². The number of thiazole rings is 1. The van der Waals surface area contributed by atoms with Crippen molar-refractivity contribution in [2.45, 2.75) is 19.0 Å². The minimum absolute atomic E-state index is 0.0438. The lowest BCUT2D eigenvalue weighted by molar-refractivity contribution is -0.131. The van der Waals surface area contributed by atoms with Gasteiger partial charge in [0.05, 0.1) is 12.2 Å². The van der Waals surface area contributed by atoms with Crippen LogP contribution in [0.3, 0.4) is 0 Å². The Morgan fingerprint density at radius 2 is 2.04 bits per heavy atom. The van der Waals surface area contributed by atoms with Crippen LogP contribution in [0.5, 0.6) is 0 Å². The number of hydrogen-bond donors (Lipinski definition) is 1. The highest BCUT2D eigenvalue weighted by molar-refractivity contribution is 7.14. The fourth-order valence-electron chi connectivity index (χ4n) is 2.96. The Balaban J connectivity index is 1.61. The van der Waals surface area contributed by atoms with Gasteiger partial charge in [-0.1, -0.05) is 0 Å². The molecule has 0 bridgehead atoms. The molecule has 1 aliphatic rings. The van der Waals surface area contributed by atoms with E-state index in [2.05, 4.69) is 10.3 Å². The molecule has 3 aromatic rings. The zero-order chi connectivity index (χ0) is 19.2. The van der Waals surface area contributed by atoms with Gasteiger partial charge in [0.25, 0.3) is 5.91 Å². The minimum atomic E-state index is -1.67. The van der Waals surface area contributed by atoms with Crippen molar-refractivity contribution in [1.82, 2.24) is 15.2 Å². The molecular weight excluding hydrogens is 392 g/mol. The summed E-state index contributed by atoms with van der Waals surface area (Å²) in [5.74, 6) is -2.10. The van der Waals surface area contributed by atoms with E-state index in [-0.39, 0.29) is 12.1 Å². The van der Waals surface area contributed by atoms with Crippen LogP contribution >= 0.6 is 22.7 Å². The molecule has 1 atom stereocenters. The van der Waals surface area contributed by atoms with Crippen LogP contribution in [-0.4, -0.2) is 21.8 Å². The number of thiophene rings is 1. The molecule has 1 saturated heterocycles. The third-order valence-electron chi connectivity index (χ3n) is 4.38. The number of carbonyl (C=O) groups excluding carboxylic acids is 2. The van der Waals surface area contributed by atoms with Gasteiger partial charge in [0.1, 0.15) is 22.2 Å². The number of carbonyl (C=O) groups is 2. The van der Waals surface area contributed by atoms with Gasteiger partial charge >= 0.3 is 6.03 Å². The number of amides is 3. The smallest absolute Gasteiger partial charge is 0.319 e. The normalized spacial score (nSPS) is 19.6. The molecular formula is C18H13F2N3O2S2. The SMILES string of the molecule is C[C@@]1(c2cc(F)ccc2F)NC(=O)N(Cc2csc(-c3ccsc3)n2)C1=O. The van der Waals surface area contributed by atoms with E-state index in [0.29, 0.717) is 5.69 Å². The summed E-state index contributed by atoms with van der Waals surface area (Å²) in [6.45, 7) is 1.32. The standard InChI is InChI=1S/C18H13F2N3O2S2/c1-18(13-6-11(19)2-3-14(13)20)16(24)23(17(25)22-18)7-12-9-27-15(21-12)10-4-5-26-8-10/h2-6,8-9H,7H2,1H3,(H,22,25)/t18-/m0/s1. The molecule has 4 rings (SSSR count). The molecule has 2 aromatic heterocycles. The first-order valence-electron chi connectivity index (χ1n) is 7.95. The number of benzene rings is 1. The highest BCUT2D eigenvalue weighted by atomic mass is 32.1. The summed E-state index contributed by atoms with van der Waals surface area (Å²) in [7, 11) is 0. The van der Waals surface area contributed by atoms with Crippen LogP contribution in [0.15, 0.2) is 40.4 Å². The van der Waals surface area contributed by atoms with Gasteiger partial charge < -0.3 is 5.32 Å². The fourth-order valence-corrected chi connectivity index (χ4v) is 4.49. The Morgan fingerprint density at radius 3 is 2.78 bits per heavy atom. The number of urea groups is 1. The molecule has 1 fully saturated rings. The van der Waals surface area contributed by atoms with Crippen LogP contribution in [0.2, 0.25) is 0 Å². The Bertz CT molecular complexity index is 1040. The molecule has 138 valence electrons. The molecule has 3 amide bonds. The zero-order valence-corrected chi connectivity index (χ0v) is 15.7. The van der Waals surface area contributed by atoms with E-state index in [9.17, 15) is 18.4 Å². The number of halogens is 2. The summed E-state index contributed by atoms with van der Waals surface area (Å²) in [5.41, 5.74) is -0.357. The molecule has 0 unspecified atom stereocenters. The van der Waals surface area contributed by atoms with E-state index >= 15 is 0 Å². The van der Waals surface area contributed by atoms with Crippen LogP contribution in [0.25, 0.3) is 10.6 Å². The third kappa shape index (κ3) is 3.02. The van der Waals surface area contributed by atoms with E-state index in [1.165, 1.54) is 18.3 Å². The third-order valence-corrected chi connectivity index (χ3v) is 6.01. The van der Waals surface area contributed by atoms with Gasteiger partial charge in [0, 0.05) is 21.9 Å². The van der Waals surface area contributed by atoms with E-state index in [1.807, 2.05) is 16.8 Å². The molecule has 9 heteroatoms. The Hall–Kier alpha value is -2.65. The summed E-state index contributed by atoms with van der Waals surface area (Å²) in [4.78, 5) is 30.7. The largest absolute Gasteiger partial charge is 0.325 e. The number of nitrogens with zero attached hydrogens (tertiary/aromatic N) is 2. The molecule has 0 radical (unpaired) electrons. The summed E-state index contributed by atoms with van der Waals surface area (Å²) < 4.78 is 27.7. The fraction of sp³-hybridized carbons (Fsp3) is 0.167. The van der Waals surface area contributed by atoms with Gasteiger partial charge in [0.15, 0.2) is 0 Å². The Labute approximate surface area is 161 Å². The van der Waals surface area contributed by atoms with Crippen LogP contribution < -0.4 is 5.32 Å². The number of hydrogen-bond acceptors (Lipinski definition) is 5. The topological polar surface area (TPSA) is 62.3 Å². The Kier molecular flexibility index (Phi) is 4.27. The second-order valence-corrected chi connectivity index (χ2v) is 7.86. The summed E-state index contributed by atoms with van der Waals surface area (Å²) in [6.07, 6.45) is 0.